The molecule has 1 saturated heterocycles. The summed E-state index contributed by atoms with van der Waals surface area (Å²) in [5, 5.41) is 17.9. The number of hydrogen-bond acceptors (Lipinski definition) is 8. The van der Waals surface area contributed by atoms with Crippen LogP contribution >= 0.6 is 0 Å². The lowest BCUT2D eigenvalue weighted by molar-refractivity contribution is 0.0553. The van der Waals surface area contributed by atoms with Gasteiger partial charge in [-0.1, -0.05) is 57.0 Å². The van der Waals surface area contributed by atoms with Crippen LogP contribution in [0.25, 0.3) is 44.5 Å². The second-order valence-electron chi connectivity index (χ2n) is 10.6. The maximum atomic E-state index is 5.81. The van der Waals surface area contributed by atoms with E-state index in [-0.39, 0.29) is 6.04 Å². The fourth-order valence-corrected chi connectivity index (χ4v) is 6.37. The van der Waals surface area contributed by atoms with E-state index in [1.807, 2.05) is 20.3 Å². The molecule has 1 aliphatic heterocycles. The van der Waals surface area contributed by atoms with Gasteiger partial charge in [-0.15, -0.1) is 0 Å². The molecule has 1 aliphatic rings. The highest BCUT2D eigenvalue weighted by molar-refractivity contribution is 6.08. The van der Waals surface area contributed by atoms with Crippen LogP contribution in [0.15, 0.2) is 60.8 Å². The molecule has 5 heterocycles. The summed E-state index contributed by atoms with van der Waals surface area (Å²) in [5.74, 6) is 1.32. The van der Waals surface area contributed by atoms with Crippen LogP contribution in [-0.4, -0.2) is 67.0 Å². The van der Waals surface area contributed by atoms with Gasteiger partial charge in [0.2, 0.25) is 0 Å². The summed E-state index contributed by atoms with van der Waals surface area (Å²) < 4.78 is 22.9. The fraction of sp³-hybridized carbons (Fsp3) is 0.323. The minimum Gasteiger partial charge on any atom is -0.478 e. The van der Waals surface area contributed by atoms with Crippen molar-refractivity contribution in [1.29, 1.82) is 0 Å². The highest BCUT2D eigenvalue weighted by Crippen LogP contribution is 2.43. The highest BCUT2D eigenvalue weighted by Gasteiger charge is 2.31. The number of hydrogen-bond donors (Lipinski definition) is 0. The molecule has 0 radical (unpaired) electrons. The molecular formula is C31H32N8O3. The van der Waals surface area contributed by atoms with Crippen LogP contribution < -0.4 is 9.47 Å². The van der Waals surface area contributed by atoms with Gasteiger partial charge in [-0.2, -0.15) is 0 Å². The normalized spacial score (nSPS) is 15.0. The first-order valence-electron chi connectivity index (χ1n) is 14.0. The molecule has 0 spiro atoms. The fourth-order valence-electron chi connectivity index (χ4n) is 6.37. The predicted octanol–water partition coefficient (Wildman–Crippen LogP) is 4.81. The maximum absolute atomic E-state index is 5.81. The van der Waals surface area contributed by atoms with Gasteiger partial charge in [-0.25, -0.2) is 9.36 Å². The second kappa shape index (κ2) is 10.6. The number of nitrogens with zero attached hydrogens (tertiary/aromatic N) is 8. The summed E-state index contributed by atoms with van der Waals surface area (Å²) >= 11 is 0. The molecule has 42 heavy (non-hydrogen) atoms. The Morgan fingerprint density at radius 3 is 2.12 bits per heavy atom. The third-order valence-corrected chi connectivity index (χ3v) is 8.30. The summed E-state index contributed by atoms with van der Waals surface area (Å²) in [4.78, 5) is 5.04. The van der Waals surface area contributed by atoms with Gasteiger partial charge in [-0.05, 0) is 42.5 Å². The van der Waals surface area contributed by atoms with Gasteiger partial charge >= 0.3 is 0 Å². The van der Waals surface area contributed by atoms with Crippen molar-refractivity contribution in [1.82, 2.24) is 39.5 Å². The van der Waals surface area contributed by atoms with Crippen LogP contribution in [0.4, 0.5) is 0 Å². The molecule has 1 fully saturated rings. The first-order chi connectivity index (χ1) is 20.6. The van der Waals surface area contributed by atoms with E-state index in [9.17, 15) is 0 Å². The third kappa shape index (κ3) is 4.19. The quantitative estimate of drug-likeness (QED) is 0.272. The number of methoxy groups -OCH3 is 2. The van der Waals surface area contributed by atoms with E-state index in [1.54, 1.807) is 23.6 Å². The van der Waals surface area contributed by atoms with E-state index in [4.69, 9.17) is 19.2 Å². The van der Waals surface area contributed by atoms with E-state index >= 15 is 0 Å². The molecule has 2 aromatic carbocycles. The van der Waals surface area contributed by atoms with Crippen LogP contribution in [0, 0.1) is 5.92 Å². The Kier molecular flexibility index (Phi) is 6.58. The van der Waals surface area contributed by atoms with Crippen molar-refractivity contribution >= 4 is 21.9 Å². The first-order valence-corrected chi connectivity index (χ1v) is 14.0. The molecule has 0 amide bonds. The van der Waals surface area contributed by atoms with E-state index < -0.39 is 0 Å². The summed E-state index contributed by atoms with van der Waals surface area (Å²) in [5.41, 5.74) is 7.72. The molecule has 0 aliphatic carbocycles. The molecular weight excluding hydrogens is 532 g/mol. The largest absolute Gasteiger partial charge is 0.478 e. The minimum absolute atomic E-state index is 0.0560. The van der Waals surface area contributed by atoms with Crippen LogP contribution in [0.3, 0.4) is 0 Å². The molecule has 0 N–H and O–H groups in total. The first kappa shape index (κ1) is 26.1. The van der Waals surface area contributed by atoms with Crippen molar-refractivity contribution in [2.24, 2.45) is 20.0 Å². The van der Waals surface area contributed by atoms with E-state index in [2.05, 4.69) is 79.8 Å². The van der Waals surface area contributed by atoms with Crippen LogP contribution in [0.1, 0.15) is 24.4 Å². The number of pyridine rings is 1. The molecule has 0 saturated carbocycles. The Bertz CT molecular complexity index is 1780. The zero-order valence-electron chi connectivity index (χ0n) is 24.1. The number of rotatable bonds is 7. The molecule has 11 nitrogen and oxygen atoms in total. The molecule has 6 aromatic rings. The molecule has 7 rings (SSSR count). The average molecular weight is 565 g/mol. The number of ether oxygens (including phenoxy) is 3. The molecule has 1 atom stereocenters. The highest BCUT2D eigenvalue weighted by atomic mass is 16.5. The lowest BCUT2D eigenvalue weighted by Crippen LogP contribution is -2.26. The molecule has 214 valence electrons. The standard InChI is InChI=1S/C31H32N8O3/c1-37-28(30(40-3)33-35-37)21-10-11-23-24(16-21)39(27(19-8-6-5-7-9-19)20-12-14-42-15-13-20)25-17-22(18-32-26(23)25)29-31(41-4)34-36-38(29)2/h5-11,16-18,20,27H,12-15H2,1-4H3/t27-/m1/s1. The Morgan fingerprint density at radius 1 is 0.810 bits per heavy atom. The Labute approximate surface area is 242 Å². The van der Waals surface area contributed by atoms with Gasteiger partial charge in [0, 0.05) is 50.0 Å². The van der Waals surface area contributed by atoms with E-state index in [0.717, 1.165) is 70.5 Å². The van der Waals surface area contributed by atoms with E-state index in [1.165, 1.54) is 5.56 Å². The number of fused-ring (bicyclic) bond motifs is 3. The van der Waals surface area contributed by atoms with Gasteiger partial charge in [0.1, 0.15) is 11.4 Å². The molecule has 11 heteroatoms. The molecule has 4 aromatic heterocycles. The van der Waals surface area contributed by atoms with Gasteiger partial charge in [-0.3, -0.25) is 4.98 Å². The number of benzene rings is 2. The molecule has 0 unspecified atom stereocenters. The van der Waals surface area contributed by atoms with E-state index in [0.29, 0.717) is 17.7 Å². The van der Waals surface area contributed by atoms with Crippen molar-refractivity contribution in [3.05, 3.63) is 66.4 Å². The van der Waals surface area contributed by atoms with Crippen molar-refractivity contribution in [3.63, 3.8) is 0 Å². The van der Waals surface area contributed by atoms with Crippen molar-refractivity contribution in [2.75, 3.05) is 27.4 Å². The zero-order valence-corrected chi connectivity index (χ0v) is 24.1. The predicted molar refractivity (Wildman–Crippen MR) is 158 cm³/mol. The lowest BCUT2D eigenvalue weighted by atomic mass is 9.86. The Balaban J connectivity index is 1.55. The molecule has 0 bridgehead atoms. The van der Waals surface area contributed by atoms with Gasteiger partial charge in [0.05, 0.1) is 36.8 Å². The number of aryl methyl sites for hydroxylation is 2. The van der Waals surface area contributed by atoms with Gasteiger partial charge in [0.15, 0.2) is 0 Å². The van der Waals surface area contributed by atoms with Crippen LogP contribution in [-0.2, 0) is 18.8 Å². The average Bonchev–Trinajstić information content (AvgIpc) is 3.70. The SMILES string of the molecule is COc1nnn(C)c1-c1ccc2c3ncc(-c4c(OC)nnn4C)cc3n([C@H](c3ccccc3)C3CCOCC3)c2c1. The summed E-state index contributed by atoms with van der Waals surface area (Å²) in [7, 11) is 6.96. The van der Waals surface area contributed by atoms with Gasteiger partial charge < -0.3 is 18.8 Å². The summed E-state index contributed by atoms with van der Waals surface area (Å²) in [6, 6.07) is 19.4. The van der Waals surface area contributed by atoms with Crippen molar-refractivity contribution < 1.29 is 14.2 Å². The zero-order chi connectivity index (χ0) is 28.8. The monoisotopic (exact) mass is 564 g/mol. The smallest absolute Gasteiger partial charge is 0.261 e. The van der Waals surface area contributed by atoms with Crippen molar-refractivity contribution in [2.45, 2.75) is 18.9 Å². The Morgan fingerprint density at radius 2 is 1.45 bits per heavy atom. The minimum atomic E-state index is 0.0560. The van der Waals surface area contributed by atoms with Crippen molar-refractivity contribution in [3.8, 4) is 34.3 Å². The van der Waals surface area contributed by atoms with Crippen LogP contribution in [0.5, 0.6) is 11.8 Å². The number of aromatic nitrogens is 8. The second-order valence-corrected chi connectivity index (χ2v) is 10.6. The van der Waals surface area contributed by atoms with Crippen LogP contribution in [0.2, 0.25) is 0 Å². The van der Waals surface area contributed by atoms with Gasteiger partial charge in [0.25, 0.3) is 11.8 Å². The maximum Gasteiger partial charge on any atom is 0.261 e. The summed E-state index contributed by atoms with van der Waals surface area (Å²) in [6.07, 6.45) is 3.81. The lowest BCUT2D eigenvalue weighted by Gasteiger charge is -2.33. The summed E-state index contributed by atoms with van der Waals surface area (Å²) in [6.45, 7) is 1.49. The topological polar surface area (TPSA) is 107 Å². The third-order valence-electron chi connectivity index (χ3n) is 8.30. The Hall–Kier alpha value is -4.77.